The van der Waals surface area contributed by atoms with Crippen LogP contribution in [0.2, 0.25) is 0 Å². The number of hydrogen-bond acceptors (Lipinski definition) is 7. The number of piperazine rings is 1. The van der Waals surface area contributed by atoms with E-state index in [-0.39, 0.29) is 28.5 Å². The van der Waals surface area contributed by atoms with Crippen LogP contribution < -0.4 is 10.6 Å². The summed E-state index contributed by atoms with van der Waals surface area (Å²) in [4.78, 5) is 23.4. The van der Waals surface area contributed by atoms with Crippen LogP contribution in [0, 0.1) is 0 Å². The zero-order valence-electron chi connectivity index (χ0n) is 13.2. The maximum atomic E-state index is 13.0. The molecule has 1 saturated heterocycles. The summed E-state index contributed by atoms with van der Waals surface area (Å²) >= 11 is 0.745. The summed E-state index contributed by atoms with van der Waals surface area (Å²) in [6, 6.07) is 7.67. The monoisotopic (exact) mass is 381 g/mol. The van der Waals surface area contributed by atoms with Crippen LogP contribution in [-0.2, 0) is 19.6 Å². The van der Waals surface area contributed by atoms with Crippen molar-refractivity contribution in [2.24, 2.45) is 0 Å². The smallest absolute Gasteiger partial charge is 0.273 e. The molecule has 0 bridgehead atoms. The molecule has 1 unspecified atom stereocenters. The van der Waals surface area contributed by atoms with Crippen molar-refractivity contribution in [2.45, 2.75) is 17.3 Å². The minimum Gasteiger partial charge on any atom is -0.353 e. The van der Waals surface area contributed by atoms with Crippen LogP contribution in [-0.4, -0.2) is 47.8 Å². The first-order chi connectivity index (χ1) is 11.9. The van der Waals surface area contributed by atoms with Gasteiger partial charge in [0.25, 0.3) is 10.0 Å². The van der Waals surface area contributed by atoms with Crippen LogP contribution >= 0.6 is 11.3 Å². The van der Waals surface area contributed by atoms with Gasteiger partial charge < -0.3 is 10.6 Å². The molecule has 132 valence electrons. The van der Waals surface area contributed by atoms with Gasteiger partial charge in [-0.15, -0.1) is 10.2 Å². The Hall–Kier alpha value is -2.37. The van der Waals surface area contributed by atoms with Gasteiger partial charge in [-0.05, 0) is 5.56 Å². The summed E-state index contributed by atoms with van der Waals surface area (Å²) in [6.45, 7) is 1.61. The van der Waals surface area contributed by atoms with Crippen LogP contribution in [0.1, 0.15) is 18.5 Å². The predicted octanol–water partition coefficient (Wildman–Crippen LogP) is 0.358. The number of nitrogens with one attached hydrogen (secondary N) is 2. The number of amides is 2. The minimum atomic E-state index is -4.04. The van der Waals surface area contributed by atoms with E-state index in [1.165, 1.54) is 6.92 Å². The second-order valence-corrected chi connectivity index (χ2v) is 8.32. The fourth-order valence-corrected chi connectivity index (χ4v) is 5.11. The third-order valence-electron chi connectivity index (χ3n) is 3.50. The Labute approximate surface area is 148 Å². The summed E-state index contributed by atoms with van der Waals surface area (Å²) in [5.74, 6) is -0.771. The number of anilines is 1. The van der Waals surface area contributed by atoms with Crippen molar-refractivity contribution in [3.63, 3.8) is 0 Å². The molecule has 0 aliphatic carbocycles. The zero-order valence-corrected chi connectivity index (χ0v) is 14.8. The summed E-state index contributed by atoms with van der Waals surface area (Å²) in [5, 5.41) is 12.5. The summed E-state index contributed by atoms with van der Waals surface area (Å²) < 4.78 is 26.8. The minimum absolute atomic E-state index is 0.0868. The Morgan fingerprint density at radius 2 is 2.04 bits per heavy atom. The molecule has 2 amide bonds. The molecular weight excluding hydrogens is 366 g/mol. The lowest BCUT2D eigenvalue weighted by Gasteiger charge is -2.33. The first-order valence-electron chi connectivity index (χ1n) is 7.35. The number of carbonyl (C=O) groups is 2. The molecular formula is C14H15N5O4S2. The summed E-state index contributed by atoms with van der Waals surface area (Å²) in [7, 11) is -4.04. The van der Waals surface area contributed by atoms with Gasteiger partial charge in [0, 0.05) is 20.0 Å². The van der Waals surface area contributed by atoms with Crippen molar-refractivity contribution in [1.82, 2.24) is 19.8 Å². The first-order valence-corrected chi connectivity index (χ1v) is 9.61. The molecule has 2 heterocycles. The van der Waals surface area contributed by atoms with Crippen molar-refractivity contribution >= 4 is 38.3 Å². The lowest BCUT2D eigenvalue weighted by Crippen LogP contribution is -2.52. The van der Waals surface area contributed by atoms with E-state index in [0.29, 0.717) is 5.56 Å². The SMILES string of the molecule is CC(=O)Nc1nnc(S(=O)(=O)N2CCNC(=O)C2c2ccccc2)s1. The van der Waals surface area contributed by atoms with Crippen molar-refractivity contribution in [2.75, 3.05) is 18.4 Å². The van der Waals surface area contributed by atoms with E-state index < -0.39 is 22.0 Å². The second-order valence-electron chi connectivity index (χ2n) is 5.27. The molecule has 9 nitrogen and oxygen atoms in total. The predicted molar refractivity (Wildman–Crippen MR) is 90.3 cm³/mol. The van der Waals surface area contributed by atoms with E-state index in [2.05, 4.69) is 20.8 Å². The quantitative estimate of drug-likeness (QED) is 0.738. The van der Waals surface area contributed by atoms with Crippen LogP contribution in [0.4, 0.5) is 5.13 Å². The fourth-order valence-electron chi connectivity index (χ4n) is 2.47. The molecule has 1 atom stereocenters. The molecule has 0 spiro atoms. The number of nitrogens with zero attached hydrogens (tertiary/aromatic N) is 3. The molecule has 2 aromatic rings. The summed E-state index contributed by atoms with van der Waals surface area (Å²) in [6.07, 6.45) is 0. The zero-order chi connectivity index (χ0) is 18.0. The van der Waals surface area contributed by atoms with Gasteiger partial charge in [0.05, 0.1) is 0 Å². The van der Waals surface area contributed by atoms with E-state index in [1.54, 1.807) is 30.3 Å². The van der Waals surface area contributed by atoms with Gasteiger partial charge >= 0.3 is 0 Å². The number of rotatable bonds is 4. The molecule has 1 aromatic heterocycles. The normalized spacial score (nSPS) is 18.6. The van der Waals surface area contributed by atoms with Gasteiger partial charge in [0.2, 0.25) is 21.3 Å². The van der Waals surface area contributed by atoms with Crippen LogP contribution in [0.3, 0.4) is 0 Å². The van der Waals surface area contributed by atoms with Gasteiger partial charge in [-0.1, -0.05) is 41.7 Å². The van der Waals surface area contributed by atoms with Gasteiger partial charge in [0.15, 0.2) is 0 Å². The molecule has 2 N–H and O–H groups in total. The molecule has 1 fully saturated rings. The molecule has 3 rings (SSSR count). The first kappa shape index (κ1) is 17.5. The van der Waals surface area contributed by atoms with Gasteiger partial charge in [-0.25, -0.2) is 8.42 Å². The van der Waals surface area contributed by atoms with Gasteiger partial charge in [0.1, 0.15) is 6.04 Å². The van der Waals surface area contributed by atoms with E-state index >= 15 is 0 Å². The van der Waals surface area contributed by atoms with Crippen molar-refractivity contribution in [3.05, 3.63) is 35.9 Å². The number of aromatic nitrogens is 2. The van der Waals surface area contributed by atoms with Crippen LogP contribution in [0.15, 0.2) is 34.7 Å². The van der Waals surface area contributed by atoms with Crippen molar-refractivity contribution in [3.8, 4) is 0 Å². The number of hydrogen-bond donors (Lipinski definition) is 2. The third-order valence-corrected chi connectivity index (χ3v) is 6.55. The highest BCUT2D eigenvalue weighted by atomic mass is 32.2. The topological polar surface area (TPSA) is 121 Å². The Morgan fingerprint density at radius 1 is 1.32 bits per heavy atom. The number of sulfonamides is 1. The van der Waals surface area contributed by atoms with Gasteiger partial charge in [-0.2, -0.15) is 4.31 Å². The number of carbonyl (C=O) groups excluding carboxylic acids is 2. The van der Waals surface area contributed by atoms with Crippen LogP contribution in [0.25, 0.3) is 0 Å². The Kier molecular flexibility index (Phi) is 4.79. The molecule has 0 radical (unpaired) electrons. The summed E-state index contributed by atoms with van der Waals surface area (Å²) in [5.41, 5.74) is 0.565. The molecule has 11 heteroatoms. The third kappa shape index (κ3) is 3.52. The standard InChI is InChI=1S/C14H15N5O4S2/c1-9(20)16-13-17-18-14(24-13)25(22,23)19-8-7-15-12(21)11(19)10-5-3-2-4-6-10/h2-6,11H,7-8H2,1H3,(H,15,21)(H,16,17,20). The molecule has 1 aromatic carbocycles. The lowest BCUT2D eigenvalue weighted by molar-refractivity contribution is -0.127. The van der Waals surface area contributed by atoms with Crippen molar-refractivity contribution < 1.29 is 18.0 Å². The fraction of sp³-hybridized carbons (Fsp3) is 0.286. The average Bonchev–Trinajstić information content (AvgIpc) is 3.04. The highest BCUT2D eigenvalue weighted by molar-refractivity contribution is 7.91. The van der Waals surface area contributed by atoms with Crippen LogP contribution in [0.5, 0.6) is 0 Å². The number of benzene rings is 1. The molecule has 25 heavy (non-hydrogen) atoms. The lowest BCUT2D eigenvalue weighted by atomic mass is 10.1. The average molecular weight is 381 g/mol. The van der Waals surface area contributed by atoms with Crippen molar-refractivity contribution in [1.29, 1.82) is 0 Å². The van der Waals surface area contributed by atoms with E-state index in [4.69, 9.17) is 0 Å². The maximum Gasteiger partial charge on any atom is 0.273 e. The van der Waals surface area contributed by atoms with Gasteiger partial charge in [-0.3, -0.25) is 9.59 Å². The Balaban J connectivity index is 1.97. The van der Waals surface area contributed by atoms with E-state index in [9.17, 15) is 18.0 Å². The Bertz CT molecular complexity index is 897. The Morgan fingerprint density at radius 3 is 2.72 bits per heavy atom. The van der Waals surface area contributed by atoms with E-state index in [1.807, 2.05) is 0 Å². The van der Waals surface area contributed by atoms with E-state index in [0.717, 1.165) is 15.6 Å². The largest absolute Gasteiger partial charge is 0.353 e. The highest BCUT2D eigenvalue weighted by Crippen LogP contribution is 2.31. The molecule has 1 aliphatic rings. The molecule has 0 saturated carbocycles. The molecule has 1 aliphatic heterocycles. The maximum absolute atomic E-state index is 13.0. The second kappa shape index (κ2) is 6.86. The highest BCUT2D eigenvalue weighted by Gasteiger charge is 2.41.